The van der Waals surface area contributed by atoms with Crippen LogP contribution in [0.25, 0.3) is 11.4 Å². The summed E-state index contributed by atoms with van der Waals surface area (Å²) in [7, 11) is 1.91. The lowest BCUT2D eigenvalue weighted by atomic mass is 9.89. The van der Waals surface area contributed by atoms with E-state index in [0.717, 1.165) is 17.8 Å². The summed E-state index contributed by atoms with van der Waals surface area (Å²) in [6, 6.07) is 10.4. The average molecular weight is 408 g/mol. The molecule has 1 amide bonds. The van der Waals surface area contributed by atoms with Crippen LogP contribution in [0.5, 0.6) is 0 Å². The fourth-order valence-electron chi connectivity index (χ4n) is 3.71. The molecule has 1 aliphatic carbocycles. The van der Waals surface area contributed by atoms with E-state index in [0.29, 0.717) is 10.9 Å². The van der Waals surface area contributed by atoms with Crippen LogP contribution in [-0.4, -0.2) is 31.4 Å². The van der Waals surface area contributed by atoms with Crippen molar-refractivity contribution in [1.29, 1.82) is 0 Å². The highest BCUT2D eigenvalue weighted by Crippen LogP contribution is 2.25. The highest BCUT2D eigenvalue weighted by atomic mass is 32.2. The maximum absolute atomic E-state index is 12.5. The second-order valence-electron chi connectivity index (χ2n) is 7.41. The number of carbonyl (C=O) groups is 1. The van der Waals surface area contributed by atoms with Crippen molar-refractivity contribution >= 4 is 17.7 Å². The van der Waals surface area contributed by atoms with Crippen LogP contribution in [0.15, 0.2) is 47.9 Å². The molecule has 0 saturated carbocycles. The summed E-state index contributed by atoms with van der Waals surface area (Å²) in [4.78, 5) is 16.5. The van der Waals surface area contributed by atoms with Gasteiger partial charge in [0.15, 0.2) is 11.0 Å². The van der Waals surface area contributed by atoms with Crippen molar-refractivity contribution in [3.05, 3.63) is 59.4 Å². The number of hydrogen-bond acceptors (Lipinski definition) is 5. The van der Waals surface area contributed by atoms with Crippen molar-refractivity contribution < 1.29 is 4.79 Å². The molecule has 1 aromatic carbocycles. The molecule has 6 nitrogen and oxygen atoms in total. The Morgan fingerprint density at radius 1 is 1.14 bits per heavy atom. The molecule has 29 heavy (non-hydrogen) atoms. The van der Waals surface area contributed by atoms with E-state index in [9.17, 15) is 4.79 Å². The van der Waals surface area contributed by atoms with E-state index >= 15 is 0 Å². The first-order valence-corrected chi connectivity index (χ1v) is 10.9. The summed E-state index contributed by atoms with van der Waals surface area (Å²) < 4.78 is 1.90. The number of pyridine rings is 1. The summed E-state index contributed by atoms with van der Waals surface area (Å²) >= 11 is 1.39. The number of aryl methyl sites for hydroxylation is 2. The Hall–Kier alpha value is -2.67. The molecule has 0 spiro atoms. The third-order valence-corrected chi connectivity index (χ3v) is 6.38. The molecule has 150 valence electrons. The van der Waals surface area contributed by atoms with Crippen LogP contribution in [0.2, 0.25) is 0 Å². The number of benzene rings is 1. The molecule has 7 heteroatoms. The minimum absolute atomic E-state index is 0.00585. The molecule has 0 fully saturated rings. The number of nitrogens with zero attached hydrogens (tertiary/aromatic N) is 4. The predicted octanol–water partition coefficient (Wildman–Crippen LogP) is 3.73. The van der Waals surface area contributed by atoms with Crippen LogP contribution in [0.4, 0.5) is 0 Å². The number of amides is 1. The van der Waals surface area contributed by atoms with Crippen molar-refractivity contribution in [2.75, 3.05) is 5.75 Å². The van der Waals surface area contributed by atoms with Gasteiger partial charge in [0.05, 0.1) is 11.8 Å². The molecule has 0 radical (unpaired) electrons. The minimum atomic E-state index is -0.0118. The quantitative estimate of drug-likeness (QED) is 0.631. The van der Waals surface area contributed by atoms with Gasteiger partial charge in [0.1, 0.15) is 0 Å². The smallest absolute Gasteiger partial charge is 0.230 e. The Bertz CT molecular complexity index is 1000. The maximum atomic E-state index is 12.5. The number of aromatic nitrogens is 4. The molecule has 0 aliphatic heterocycles. The molecule has 3 aromatic rings. The highest BCUT2D eigenvalue weighted by Gasteiger charge is 2.16. The average Bonchev–Trinajstić information content (AvgIpc) is 3.12. The van der Waals surface area contributed by atoms with Crippen molar-refractivity contribution in [3.8, 4) is 11.4 Å². The molecule has 0 saturated heterocycles. The normalized spacial score (nSPS) is 14.3. The molecular weight excluding hydrogens is 382 g/mol. The summed E-state index contributed by atoms with van der Waals surface area (Å²) in [5.74, 6) is 1.06. The van der Waals surface area contributed by atoms with E-state index in [-0.39, 0.29) is 11.9 Å². The first-order chi connectivity index (χ1) is 14.1. The molecule has 2 heterocycles. The fraction of sp³-hybridized carbons (Fsp3) is 0.364. The monoisotopic (exact) mass is 407 g/mol. The van der Waals surface area contributed by atoms with Gasteiger partial charge in [0.25, 0.3) is 0 Å². The molecule has 1 aliphatic rings. The zero-order valence-electron chi connectivity index (χ0n) is 16.8. The number of nitrogens with one attached hydrogen (secondary N) is 1. The van der Waals surface area contributed by atoms with Gasteiger partial charge in [0.2, 0.25) is 5.91 Å². The van der Waals surface area contributed by atoms with Gasteiger partial charge in [0, 0.05) is 25.0 Å². The van der Waals surface area contributed by atoms with Crippen molar-refractivity contribution in [2.24, 2.45) is 7.05 Å². The topological polar surface area (TPSA) is 72.7 Å². The molecule has 2 aromatic heterocycles. The molecular formula is C22H25N5OS. The van der Waals surface area contributed by atoms with Crippen molar-refractivity contribution in [2.45, 2.75) is 43.8 Å². The summed E-state index contributed by atoms with van der Waals surface area (Å²) in [5.41, 5.74) is 5.02. The number of rotatable bonds is 6. The summed E-state index contributed by atoms with van der Waals surface area (Å²) in [6.45, 7) is 2.04. The first kappa shape index (κ1) is 19.6. The predicted molar refractivity (Wildman–Crippen MR) is 115 cm³/mol. The summed E-state index contributed by atoms with van der Waals surface area (Å²) in [5, 5.41) is 12.3. The van der Waals surface area contributed by atoms with Crippen LogP contribution in [0, 0.1) is 0 Å². The van der Waals surface area contributed by atoms with E-state index in [2.05, 4.69) is 38.7 Å². The van der Waals surface area contributed by atoms with E-state index in [1.54, 1.807) is 12.4 Å². The summed E-state index contributed by atoms with van der Waals surface area (Å²) in [6.07, 6.45) is 8.31. The number of hydrogen-bond donors (Lipinski definition) is 1. The Labute approximate surface area is 175 Å². The Morgan fingerprint density at radius 3 is 2.69 bits per heavy atom. The lowest BCUT2D eigenvalue weighted by molar-refractivity contribution is -0.119. The molecule has 1 unspecified atom stereocenters. The van der Waals surface area contributed by atoms with Gasteiger partial charge in [-0.3, -0.25) is 9.78 Å². The third-order valence-electron chi connectivity index (χ3n) is 5.36. The van der Waals surface area contributed by atoms with Crippen LogP contribution >= 0.6 is 11.8 Å². The number of carbonyl (C=O) groups excluding carboxylic acids is 1. The first-order valence-electron chi connectivity index (χ1n) is 9.95. The van der Waals surface area contributed by atoms with E-state index in [1.807, 2.05) is 30.7 Å². The van der Waals surface area contributed by atoms with Gasteiger partial charge in [-0.05, 0) is 61.4 Å². The Balaban J connectivity index is 1.35. The zero-order valence-corrected chi connectivity index (χ0v) is 17.6. The largest absolute Gasteiger partial charge is 0.349 e. The van der Waals surface area contributed by atoms with Crippen molar-refractivity contribution in [1.82, 2.24) is 25.1 Å². The van der Waals surface area contributed by atoms with Gasteiger partial charge in [-0.25, -0.2) is 0 Å². The Kier molecular flexibility index (Phi) is 5.94. The Morgan fingerprint density at radius 2 is 1.90 bits per heavy atom. The lowest BCUT2D eigenvalue weighted by Crippen LogP contribution is -2.28. The van der Waals surface area contributed by atoms with Crippen LogP contribution in [0.3, 0.4) is 0 Å². The highest BCUT2D eigenvalue weighted by molar-refractivity contribution is 7.99. The van der Waals surface area contributed by atoms with Crippen LogP contribution in [0.1, 0.15) is 42.5 Å². The van der Waals surface area contributed by atoms with Gasteiger partial charge in [-0.2, -0.15) is 0 Å². The second kappa shape index (κ2) is 8.78. The van der Waals surface area contributed by atoms with E-state index in [4.69, 9.17) is 0 Å². The van der Waals surface area contributed by atoms with Crippen LogP contribution < -0.4 is 5.32 Å². The van der Waals surface area contributed by atoms with E-state index in [1.165, 1.54) is 47.7 Å². The molecule has 0 bridgehead atoms. The van der Waals surface area contributed by atoms with Crippen LogP contribution in [-0.2, 0) is 24.7 Å². The molecule has 4 rings (SSSR count). The minimum Gasteiger partial charge on any atom is -0.349 e. The zero-order chi connectivity index (χ0) is 20.2. The third kappa shape index (κ3) is 4.50. The lowest BCUT2D eigenvalue weighted by Gasteiger charge is -2.20. The number of fused-ring (bicyclic) bond motifs is 1. The SMILES string of the molecule is CC(NC(=O)CSc1nnc(-c2ccncc2)n1C)c1ccc2c(c1)CCCC2. The second-order valence-corrected chi connectivity index (χ2v) is 8.36. The van der Waals surface area contributed by atoms with E-state index < -0.39 is 0 Å². The standard InChI is InChI=1S/C22H25N5OS/c1-15(18-8-7-16-5-3-4-6-19(16)13-18)24-20(28)14-29-22-26-25-21(27(22)2)17-9-11-23-12-10-17/h7-13,15H,3-6,14H2,1-2H3,(H,24,28). The van der Waals surface area contributed by atoms with Gasteiger partial charge in [-0.15, -0.1) is 10.2 Å². The fourth-order valence-corrected chi connectivity index (χ4v) is 4.43. The van der Waals surface area contributed by atoms with Crippen molar-refractivity contribution in [3.63, 3.8) is 0 Å². The molecule has 1 atom stereocenters. The number of thioether (sulfide) groups is 1. The maximum Gasteiger partial charge on any atom is 0.230 e. The van der Waals surface area contributed by atoms with Gasteiger partial charge in [-0.1, -0.05) is 30.0 Å². The van der Waals surface area contributed by atoms with Gasteiger partial charge < -0.3 is 9.88 Å². The molecule has 1 N–H and O–H groups in total. The van der Waals surface area contributed by atoms with Gasteiger partial charge >= 0.3 is 0 Å².